The second-order valence-corrected chi connectivity index (χ2v) is 6.53. The van der Waals surface area contributed by atoms with Gasteiger partial charge in [0.25, 0.3) is 5.56 Å². The van der Waals surface area contributed by atoms with E-state index >= 15 is 0 Å². The first-order valence-electron chi connectivity index (χ1n) is 8.38. The molecule has 2 aromatic heterocycles. The van der Waals surface area contributed by atoms with Crippen molar-refractivity contribution < 1.29 is 0 Å². The third kappa shape index (κ3) is 3.32. The van der Waals surface area contributed by atoms with Crippen LogP contribution in [-0.4, -0.2) is 37.5 Å². The van der Waals surface area contributed by atoms with E-state index in [1.165, 1.54) is 12.8 Å². The fourth-order valence-corrected chi connectivity index (χ4v) is 3.33. The predicted octanol–water partition coefficient (Wildman–Crippen LogP) is 1.58. The fourth-order valence-electron chi connectivity index (χ4n) is 3.33. The molecule has 1 aliphatic heterocycles. The zero-order valence-corrected chi connectivity index (χ0v) is 13.1. The topological polar surface area (TPSA) is 63.9 Å². The molecule has 6 heteroatoms. The molecule has 23 heavy (non-hydrogen) atoms. The van der Waals surface area contributed by atoms with Gasteiger partial charge >= 0.3 is 0 Å². The number of hydrogen-bond donors (Lipinski definition) is 0. The third-order valence-electron chi connectivity index (χ3n) is 4.76. The Hall–Kier alpha value is -2.08. The molecule has 4 rings (SSSR count). The van der Waals surface area contributed by atoms with Gasteiger partial charge in [-0.1, -0.05) is 0 Å². The summed E-state index contributed by atoms with van der Waals surface area (Å²) < 4.78 is 1.66. The van der Waals surface area contributed by atoms with E-state index in [9.17, 15) is 4.79 Å². The monoisotopic (exact) mass is 311 g/mol. The Labute approximate surface area is 135 Å². The van der Waals surface area contributed by atoms with Gasteiger partial charge < -0.3 is 0 Å². The summed E-state index contributed by atoms with van der Waals surface area (Å²) in [5, 5.41) is 12.7. The third-order valence-corrected chi connectivity index (χ3v) is 4.76. The Bertz CT molecular complexity index is 725. The molecule has 0 amide bonds. The summed E-state index contributed by atoms with van der Waals surface area (Å²) in [6, 6.07) is 7.82. The number of hydrogen-bond acceptors (Lipinski definition) is 5. The molecule has 2 aliphatic rings. The van der Waals surface area contributed by atoms with Crippen molar-refractivity contribution in [3.05, 3.63) is 52.2 Å². The van der Waals surface area contributed by atoms with Crippen molar-refractivity contribution in [1.29, 1.82) is 0 Å². The highest BCUT2D eigenvalue weighted by Gasteiger charge is 2.28. The largest absolute Gasteiger partial charge is 0.293 e. The van der Waals surface area contributed by atoms with E-state index in [-0.39, 0.29) is 5.56 Å². The van der Waals surface area contributed by atoms with Gasteiger partial charge in [-0.2, -0.15) is 15.3 Å². The second kappa shape index (κ2) is 6.20. The number of aromatic nitrogens is 4. The van der Waals surface area contributed by atoms with Crippen LogP contribution in [0.2, 0.25) is 0 Å². The van der Waals surface area contributed by atoms with Crippen molar-refractivity contribution in [3.8, 4) is 0 Å². The molecule has 6 nitrogen and oxygen atoms in total. The Balaban J connectivity index is 1.49. The number of rotatable bonds is 5. The van der Waals surface area contributed by atoms with Crippen molar-refractivity contribution >= 4 is 0 Å². The van der Waals surface area contributed by atoms with E-state index in [0.717, 1.165) is 37.3 Å². The molecule has 1 aliphatic carbocycles. The first kappa shape index (κ1) is 14.5. The Morgan fingerprint density at radius 1 is 1.17 bits per heavy atom. The van der Waals surface area contributed by atoms with E-state index in [2.05, 4.69) is 20.2 Å². The van der Waals surface area contributed by atoms with Gasteiger partial charge in [0.15, 0.2) is 0 Å². The molecule has 120 valence electrons. The van der Waals surface area contributed by atoms with E-state index in [1.54, 1.807) is 16.9 Å². The molecule has 1 saturated heterocycles. The lowest BCUT2D eigenvalue weighted by molar-refractivity contribution is 0.213. The molecular formula is C17H21N5O. The summed E-state index contributed by atoms with van der Waals surface area (Å²) in [5.41, 5.74) is 2.05. The Morgan fingerprint density at radius 3 is 2.87 bits per heavy atom. The summed E-state index contributed by atoms with van der Waals surface area (Å²) in [6.07, 6.45) is 6.35. The molecule has 0 N–H and O–H groups in total. The molecule has 3 heterocycles. The standard InChI is InChI=1S/C17H21N5O/c23-17-8-7-16(13-5-6-13)20-22(17)12-15-4-2-10-21(15)11-14-3-1-9-18-19-14/h1,3,7-9,13,15H,2,4-6,10-12H2. The van der Waals surface area contributed by atoms with Crippen LogP contribution in [0, 0.1) is 0 Å². The predicted molar refractivity (Wildman–Crippen MR) is 85.9 cm³/mol. The second-order valence-electron chi connectivity index (χ2n) is 6.53. The minimum atomic E-state index is 0.000697. The van der Waals surface area contributed by atoms with Crippen LogP contribution >= 0.6 is 0 Å². The molecule has 2 aromatic rings. The zero-order valence-electron chi connectivity index (χ0n) is 13.1. The average Bonchev–Trinajstić information content (AvgIpc) is 3.33. The summed E-state index contributed by atoms with van der Waals surface area (Å²) in [5.74, 6) is 0.570. The van der Waals surface area contributed by atoms with Gasteiger partial charge in [-0.15, -0.1) is 0 Å². The Morgan fingerprint density at radius 2 is 2.09 bits per heavy atom. The van der Waals surface area contributed by atoms with Gasteiger partial charge in [0.1, 0.15) is 0 Å². The van der Waals surface area contributed by atoms with Gasteiger partial charge in [0.2, 0.25) is 0 Å². The maximum absolute atomic E-state index is 12.1. The number of likely N-dealkylation sites (tertiary alicyclic amines) is 1. The first-order valence-corrected chi connectivity index (χ1v) is 8.38. The Kier molecular flexibility index (Phi) is 3.91. The highest BCUT2D eigenvalue weighted by Crippen LogP contribution is 2.38. The van der Waals surface area contributed by atoms with Gasteiger partial charge in [0.05, 0.1) is 17.9 Å². The van der Waals surface area contributed by atoms with Gasteiger partial charge in [-0.05, 0) is 50.4 Å². The minimum absolute atomic E-state index is 0.000697. The molecule has 2 fully saturated rings. The molecule has 0 aromatic carbocycles. The van der Waals surface area contributed by atoms with Gasteiger partial charge in [-0.3, -0.25) is 9.69 Å². The van der Waals surface area contributed by atoms with E-state index < -0.39 is 0 Å². The summed E-state index contributed by atoms with van der Waals surface area (Å²) in [6.45, 7) is 2.49. The molecule has 1 saturated carbocycles. The molecule has 1 atom stereocenters. The van der Waals surface area contributed by atoms with Crippen molar-refractivity contribution in [2.75, 3.05) is 6.54 Å². The summed E-state index contributed by atoms with van der Waals surface area (Å²) in [4.78, 5) is 14.5. The van der Waals surface area contributed by atoms with Gasteiger partial charge in [-0.25, -0.2) is 4.68 Å². The fraction of sp³-hybridized carbons (Fsp3) is 0.529. The lowest BCUT2D eigenvalue weighted by Crippen LogP contribution is -2.37. The van der Waals surface area contributed by atoms with Crippen LogP contribution in [0.25, 0.3) is 0 Å². The van der Waals surface area contributed by atoms with Crippen molar-refractivity contribution in [2.45, 2.75) is 50.7 Å². The normalized spacial score (nSPS) is 21.7. The first-order chi connectivity index (χ1) is 11.3. The SMILES string of the molecule is O=c1ccc(C2CC2)nn1CC1CCCN1Cc1cccnn1. The lowest BCUT2D eigenvalue weighted by Gasteiger charge is -2.24. The van der Waals surface area contributed by atoms with Gasteiger partial charge in [0, 0.05) is 30.8 Å². The molecule has 0 radical (unpaired) electrons. The van der Waals surface area contributed by atoms with Crippen LogP contribution in [0.15, 0.2) is 35.3 Å². The van der Waals surface area contributed by atoms with Crippen molar-refractivity contribution in [2.24, 2.45) is 0 Å². The number of nitrogens with zero attached hydrogens (tertiary/aromatic N) is 5. The van der Waals surface area contributed by atoms with Crippen LogP contribution in [0.4, 0.5) is 0 Å². The molecular weight excluding hydrogens is 290 g/mol. The van der Waals surface area contributed by atoms with Crippen molar-refractivity contribution in [3.63, 3.8) is 0 Å². The smallest absolute Gasteiger partial charge is 0.266 e. The highest BCUT2D eigenvalue weighted by molar-refractivity contribution is 5.12. The minimum Gasteiger partial charge on any atom is -0.293 e. The molecule has 0 spiro atoms. The maximum atomic E-state index is 12.1. The van der Waals surface area contributed by atoms with Crippen LogP contribution in [0.1, 0.15) is 43.0 Å². The average molecular weight is 311 g/mol. The molecule has 1 unspecified atom stereocenters. The zero-order chi connectivity index (χ0) is 15.6. The quantitative estimate of drug-likeness (QED) is 0.839. The van der Waals surface area contributed by atoms with E-state index in [0.29, 0.717) is 18.5 Å². The van der Waals surface area contributed by atoms with E-state index in [4.69, 9.17) is 0 Å². The summed E-state index contributed by atoms with van der Waals surface area (Å²) in [7, 11) is 0. The summed E-state index contributed by atoms with van der Waals surface area (Å²) >= 11 is 0. The van der Waals surface area contributed by atoms with Crippen LogP contribution in [-0.2, 0) is 13.1 Å². The van der Waals surface area contributed by atoms with Crippen LogP contribution in [0.5, 0.6) is 0 Å². The van der Waals surface area contributed by atoms with Crippen molar-refractivity contribution in [1.82, 2.24) is 24.9 Å². The van der Waals surface area contributed by atoms with Crippen LogP contribution < -0.4 is 5.56 Å². The molecule has 0 bridgehead atoms. The highest BCUT2D eigenvalue weighted by atomic mass is 16.1. The lowest BCUT2D eigenvalue weighted by atomic mass is 10.2. The van der Waals surface area contributed by atoms with Crippen LogP contribution in [0.3, 0.4) is 0 Å². The maximum Gasteiger partial charge on any atom is 0.266 e. The van der Waals surface area contributed by atoms with E-state index in [1.807, 2.05) is 18.2 Å².